The Kier molecular flexibility index (Phi) is 3.97. The summed E-state index contributed by atoms with van der Waals surface area (Å²) in [5.74, 6) is 1.33. The lowest BCUT2D eigenvalue weighted by molar-refractivity contribution is -0.195. The number of benzene rings is 2. The molecule has 6 rings (SSSR count). The number of rotatable bonds is 4. The smallest absolute Gasteiger partial charge is 0.330 e. The van der Waals surface area contributed by atoms with Crippen molar-refractivity contribution in [2.24, 2.45) is 35.0 Å². The third-order valence-corrected chi connectivity index (χ3v) is 9.08. The molecule has 4 heteroatoms. The molecule has 0 spiro atoms. The maximum atomic E-state index is 13.3. The van der Waals surface area contributed by atoms with Crippen molar-refractivity contribution in [3.05, 3.63) is 55.1 Å². The van der Waals surface area contributed by atoms with E-state index in [0.29, 0.717) is 11.7 Å². The summed E-state index contributed by atoms with van der Waals surface area (Å²) in [4.78, 5) is 25.6. The van der Waals surface area contributed by atoms with Crippen LogP contribution in [0.4, 0.5) is 0 Å². The minimum absolute atomic E-state index is 0.0215. The highest BCUT2D eigenvalue weighted by Crippen LogP contribution is 2.76. The second-order valence-corrected chi connectivity index (χ2v) is 10.4. The summed E-state index contributed by atoms with van der Waals surface area (Å²) in [6.45, 7) is 5.92. The minimum atomic E-state index is -0.425. The van der Waals surface area contributed by atoms with E-state index in [9.17, 15) is 9.59 Å². The van der Waals surface area contributed by atoms with Crippen LogP contribution in [0.3, 0.4) is 0 Å². The van der Waals surface area contributed by atoms with E-state index in [0.717, 1.165) is 36.5 Å². The monoisotopic (exact) mass is 416 g/mol. The van der Waals surface area contributed by atoms with E-state index < -0.39 is 5.60 Å². The van der Waals surface area contributed by atoms with Crippen molar-refractivity contribution in [2.75, 3.05) is 0 Å². The Hall–Kier alpha value is -2.62. The Balaban J connectivity index is 1.27. The molecule has 4 fully saturated rings. The van der Waals surface area contributed by atoms with Crippen LogP contribution in [0.15, 0.2) is 55.1 Å². The highest BCUT2D eigenvalue weighted by Gasteiger charge is 2.78. The average molecular weight is 417 g/mol. The second kappa shape index (κ2) is 6.44. The first-order chi connectivity index (χ1) is 14.9. The quantitative estimate of drug-likeness (QED) is 0.294. The van der Waals surface area contributed by atoms with Gasteiger partial charge in [0.15, 0.2) is 0 Å². The van der Waals surface area contributed by atoms with Gasteiger partial charge in [-0.05, 0) is 66.8 Å². The molecule has 4 nitrogen and oxygen atoms in total. The van der Waals surface area contributed by atoms with Gasteiger partial charge in [0, 0.05) is 23.3 Å². The van der Waals surface area contributed by atoms with Crippen molar-refractivity contribution in [3.8, 4) is 5.75 Å². The van der Waals surface area contributed by atoms with Gasteiger partial charge in [-0.15, -0.1) is 0 Å². The van der Waals surface area contributed by atoms with E-state index in [2.05, 4.69) is 19.6 Å². The highest BCUT2D eigenvalue weighted by molar-refractivity contribution is 5.85. The molecular formula is C27H28O4. The van der Waals surface area contributed by atoms with Crippen molar-refractivity contribution >= 4 is 22.7 Å². The van der Waals surface area contributed by atoms with Crippen molar-refractivity contribution in [1.82, 2.24) is 0 Å². The fourth-order valence-electron chi connectivity index (χ4n) is 8.13. The largest absolute Gasteiger partial charge is 0.455 e. The van der Waals surface area contributed by atoms with Gasteiger partial charge in [0.1, 0.15) is 11.4 Å². The normalized spacial score (nSPS) is 39.5. The van der Waals surface area contributed by atoms with Crippen molar-refractivity contribution in [3.63, 3.8) is 0 Å². The van der Waals surface area contributed by atoms with E-state index in [1.54, 1.807) is 0 Å². The predicted octanol–water partition coefficient (Wildman–Crippen LogP) is 5.31. The predicted molar refractivity (Wildman–Crippen MR) is 117 cm³/mol. The lowest BCUT2D eigenvalue weighted by Gasteiger charge is -2.52. The summed E-state index contributed by atoms with van der Waals surface area (Å²) in [6, 6.07) is 13.9. The molecule has 7 unspecified atom stereocenters. The molecule has 0 heterocycles. The lowest BCUT2D eigenvalue weighted by Crippen LogP contribution is -2.57. The molecule has 4 aliphatic carbocycles. The second-order valence-electron chi connectivity index (χ2n) is 10.4. The Bertz CT molecular complexity index is 1110. The van der Waals surface area contributed by atoms with Crippen LogP contribution in [0, 0.1) is 35.0 Å². The van der Waals surface area contributed by atoms with Crippen LogP contribution in [-0.2, 0) is 14.3 Å². The van der Waals surface area contributed by atoms with Crippen LogP contribution < -0.4 is 4.74 Å². The Morgan fingerprint density at radius 1 is 1.13 bits per heavy atom. The maximum Gasteiger partial charge on any atom is 0.330 e. The van der Waals surface area contributed by atoms with Gasteiger partial charge in [-0.3, -0.25) is 4.79 Å². The molecular weight excluding hydrogens is 388 g/mol. The Morgan fingerprint density at radius 3 is 2.74 bits per heavy atom. The maximum absolute atomic E-state index is 13.3. The minimum Gasteiger partial charge on any atom is -0.455 e. The van der Waals surface area contributed by atoms with Crippen LogP contribution in [0.2, 0.25) is 0 Å². The third kappa shape index (κ3) is 2.48. The molecule has 7 atom stereocenters. The first-order valence-corrected chi connectivity index (χ1v) is 11.5. The third-order valence-electron chi connectivity index (χ3n) is 9.08. The van der Waals surface area contributed by atoms with Gasteiger partial charge in [0.2, 0.25) is 0 Å². The molecule has 0 saturated heterocycles. The number of esters is 2. The van der Waals surface area contributed by atoms with Crippen molar-refractivity contribution in [2.45, 2.75) is 44.6 Å². The first-order valence-electron chi connectivity index (χ1n) is 11.5. The molecule has 0 N–H and O–H groups in total. The molecule has 4 aliphatic rings. The molecule has 31 heavy (non-hydrogen) atoms. The summed E-state index contributed by atoms with van der Waals surface area (Å²) in [7, 11) is 0. The first kappa shape index (κ1) is 19.1. The lowest BCUT2D eigenvalue weighted by atomic mass is 9.59. The highest BCUT2D eigenvalue weighted by atomic mass is 16.6. The molecule has 0 amide bonds. The standard InChI is InChI=1S/C27H28O4/c1-3-23(28)31-27-19-13-21(24(27)18-10-11-26(27,2)15-18)22(14-19)25(29)30-20-9-8-16-6-4-5-7-17(16)12-20/h3-9,12,18-19,21-22,24H,1,10-11,13-15H2,2H3. The molecule has 0 aliphatic heterocycles. The number of hydrogen-bond donors (Lipinski definition) is 0. The SMILES string of the molecule is C=CC(=O)OC12C3CC(C(=O)Oc4ccc5ccccc5c4)C(C3)C1C1CCC2(C)C1. The molecule has 0 aromatic heterocycles. The fraction of sp³-hybridized carbons (Fsp3) is 0.481. The van der Waals surface area contributed by atoms with Gasteiger partial charge >= 0.3 is 11.9 Å². The number of ether oxygens (including phenoxy) is 2. The van der Waals surface area contributed by atoms with Crippen LogP contribution in [0.5, 0.6) is 5.75 Å². The number of carbonyl (C=O) groups is 2. The van der Waals surface area contributed by atoms with Gasteiger partial charge in [-0.1, -0.05) is 43.8 Å². The molecule has 2 aromatic rings. The van der Waals surface area contributed by atoms with E-state index >= 15 is 0 Å². The Morgan fingerprint density at radius 2 is 1.94 bits per heavy atom. The zero-order valence-electron chi connectivity index (χ0n) is 17.9. The van der Waals surface area contributed by atoms with Gasteiger partial charge in [0.05, 0.1) is 5.92 Å². The van der Waals surface area contributed by atoms with Gasteiger partial charge < -0.3 is 9.47 Å². The molecule has 4 bridgehead atoms. The van der Waals surface area contributed by atoms with Gasteiger partial charge in [-0.2, -0.15) is 0 Å². The molecule has 2 aromatic carbocycles. The summed E-state index contributed by atoms with van der Waals surface area (Å²) >= 11 is 0. The van der Waals surface area contributed by atoms with E-state index in [1.165, 1.54) is 12.5 Å². The average Bonchev–Trinajstić information content (AvgIpc) is 3.50. The fourth-order valence-corrected chi connectivity index (χ4v) is 8.13. The summed E-state index contributed by atoms with van der Waals surface area (Å²) in [5, 5.41) is 2.20. The van der Waals surface area contributed by atoms with Crippen LogP contribution in [-0.4, -0.2) is 17.5 Å². The summed E-state index contributed by atoms with van der Waals surface area (Å²) in [5.41, 5.74) is -0.404. The number of hydrogen-bond acceptors (Lipinski definition) is 4. The molecule has 0 radical (unpaired) electrons. The topological polar surface area (TPSA) is 52.6 Å². The molecule has 160 valence electrons. The van der Waals surface area contributed by atoms with Gasteiger partial charge in [-0.25, -0.2) is 4.79 Å². The Labute approximate surface area is 182 Å². The van der Waals surface area contributed by atoms with Crippen LogP contribution >= 0.6 is 0 Å². The zero-order valence-corrected chi connectivity index (χ0v) is 17.9. The molecule has 4 saturated carbocycles. The summed E-state index contributed by atoms with van der Waals surface area (Å²) in [6.07, 6.45) is 6.37. The number of fused-ring (bicyclic) bond motifs is 10. The van der Waals surface area contributed by atoms with Crippen molar-refractivity contribution < 1.29 is 19.1 Å². The van der Waals surface area contributed by atoms with E-state index in [-0.39, 0.29) is 41.0 Å². The van der Waals surface area contributed by atoms with Crippen LogP contribution in [0.1, 0.15) is 39.0 Å². The van der Waals surface area contributed by atoms with E-state index in [1.807, 2.05) is 36.4 Å². The van der Waals surface area contributed by atoms with Crippen molar-refractivity contribution in [1.29, 1.82) is 0 Å². The number of carbonyl (C=O) groups excluding carboxylic acids is 2. The van der Waals surface area contributed by atoms with E-state index in [4.69, 9.17) is 9.47 Å². The van der Waals surface area contributed by atoms with Crippen LogP contribution in [0.25, 0.3) is 10.8 Å². The van der Waals surface area contributed by atoms with Gasteiger partial charge in [0.25, 0.3) is 0 Å². The summed E-state index contributed by atoms with van der Waals surface area (Å²) < 4.78 is 12.1. The zero-order chi connectivity index (χ0) is 21.4.